The predicted molar refractivity (Wildman–Crippen MR) is 225 cm³/mol. The number of amides is 1. The molecule has 0 spiro atoms. The van der Waals surface area contributed by atoms with Gasteiger partial charge in [0, 0.05) is 77.0 Å². The number of ether oxygens (including phenoxy) is 4. The van der Waals surface area contributed by atoms with Gasteiger partial charge >= 0.3 is 6.09 Å². The SMILES string of the molecule is CC(C)(C)OC(=O)N1[C@@H]2CC[C@H]1C[C@H](c1nc3c(-c4ccc(OCC5CC5)nc4)cnn3c(N(COCC[Si](C)(C)C)COCC[Si](C)(C)C)c1S(C)(=O)=O)C2. The van der Waals surface area contributed by atoms with Crippen LogP contribution in [0.15, 0.2) is 29.4 Å². The highest BCUT2D eigenvalue weighted by molar-refractivity contribution is 7.91. The summed E-state index contributed by atoms with van der Waals surface area (Å²) in [6.45, 7) is 21.5. The second-order valence-electron chi connectivity index (χ2n) is 19.5. The van der Waals surface area contributed by atoms with E-state index in [0.717, 1.165) is 36.1 Å². The summed E-state index contributed by atoms with van der Waals surface area (Å²) < 4.78 is 54.6. The number of carbonyl (C=O) groups is 1. The summed E-state index contributed by atoms with van der Waals surface area (Å²) >= 11 is 0. The van der Waals surface area contributed by atoms with E-state index in [2.05, 4.69) is 44.3 Å². The molecule has 16 heteroatoms. The number of aromatic nitrogens is 4. The molecule has 3 aromatic rings. The first-order valence-corrected chi connectivity index (χ1v) is 29.6. The zero-order valence-electron chi connectivity index (χ0n) is 35.3. The van der Waals surface area contributed by atoms with Crippen LogP contribution in [0.3, 0.4) is 0 Å². The molecule has 5 heterocycles. The van der Waals surface area contributed by atoms with Crippen LogP contribution < -0.4 is 9.64 Å². The number of hydrogen-bond donors (Lipinski definition) is 0. The normalized spacial score (nSPS) is 20.5. The fourth-order valence-electron chi connectivity index (χ4n) is 7.49. The number of piperidine rings is 1. The van der Waals surface area contributed by atoms with E-state index in [1.54, 1.807) is 16.9 Å². The number of hydrogen-bond acceptors (Lipinski definition) is 11. The lowest BCUT2D eigenvalue weighted by Crippen LogP contribution is -2.48. The van der Waals surface area contributed by atoms with Crippen molar-refractivity contribution in [2.24, 2.45) is 5.92 Å². The minimum atomic E-state index is -3.89. The molecular weight excluding hydrogens is 765 g/mol. The van der Waals surface area contributed by atoms with Crippen LogP contribution >= 0.6 is 0 Å². The van der Waals surface area contributed by atoms with Gasteiger partial charge in [-0.25, -0.2) is 23.2 Å². The number of fused-ring (bicyclic) bond motifs is 3. The van der Waals surface area contributed by atoms with Gasteiger partial charge in [0.05, 0.1) is 18.5 Å². The Bertz CT molecular complexity index is 1920. The van der Waals surface area contributed by atoms with Crippen LogP contribution in [0.5, 0.6) is 5.88 Å². The van der Waals surface area contributed by atoms with E-state index in [-0.39, 0.29) is 42.5 Å². The van der Waals surface area contributed by atoms with Gasteiger partial charge in [0.1, 0.15) is 24.0 Å². The lowest BCUT2D eigenvalue weighted by atomic mass is 9.88. The van der Waals surface area contributed by atoms with E-state index in [1.807, 2.05) is 42.7 Å². The zero-order valence-corrected chi connectivity index (χ0v) is 38.1. The van der Waals surface area contributed by atoms with Crippen LogP contribution in [-0.2, 0) is 24.0 Å². The summed E-state index contributed by atoms with van der Waals surface area (Å²) in [5.41, 5.74) is 1.91. The molecule has 0 N–H and O–H groups in total. The standard InChI is InChI=1S/C40H64N6O7SSi2/c1-40(2,3)53-39(47)45-31-14-15-32(45)22-30(21-31)35-36(54(4,48)49)38(44(26-50-17-19-55(5,6)7)27-51-18-20-56(8,9)10)46-37(43-35)33(24-42-46)29-13-16-34(41-23-29)52-25-28-11-12-28/h13,16,23-24,28,30-32H,11-12,14-15,17-22,25-27H2,1-10H3/t30-,31-,32+. The number of anilines is 1. The van der Waals surface area contributed by atoms with Crippen molar-refractivity contribution in [3.05, 3.63) is 30.2 Å². The van der Waals surface area contributed by atoms with Gasteiger partial charge in [-0.05, 0) is 83.4 Å². The van der Waals surface area contributed by atoms with Crippen molar-refractivity contribution >= 4 is 43.5 Å². The summed E-state index contributed by atoms with van der Waals surface area (Å²) in [7, 11) is -6.70. The maximum atomic E-state index is 14.2. The van der Waals surface area contributed by atoms with Crippen LogP contribution in [-0.4, -0.2) is 112 Å². The van der Waals surface area contributed by atoms with Crippen molar-refractivity contribution in [3.8, 4) is 17.0 Å². The smallest absolute Gasteiger partial charge is 0.410 e. The topological polar surface area (TPSA) is 138 Å². The quantitative estimate of drug-likeness (QED) is 0.0742. The summed E-state index contributed by atoms with van der Waals surface area (Å²) in [6, 6.07) is 5.56. The molecule has 13 nitrogen and oxygen atoms in total. The molecule has 3 aliphatic rings. The first-order chi connectivity index (χ1) is 26.2. The molecule has 3 atom stereocenters. The Balaban J connectivity index is 1.45. The summed E-state index contributed by atoms with van der Waals surface area (Å²) in [5.74, 6) is 1.31. The molecule has 56 heavy (non-hydrogen) atoms. The molecule has 2 aliphatic heterocycles. The minimum Gasteiger partial charge on any atom is -0.477 e. The van der Waals surface area contributed by atoms with Gasteiger partial charge in [0.15, 0.2) is 21.3 Å². The first-order valence-electron chi connectivity index (χ1n) is 20.3. The van der Waals surface area contributed by atoms with Gasteiger partial charge in [0.25, 0.3) is 0 Å². The second-order valence-corrected chi connectivity index (χ2v) is 32.7. The number of nitrogens with zero attached hydrogens (tertiary/aromatic N) is 6. The maximum Gasteiger partial charge on any atom is 0.410 e. The Kier molecular flexibility index (Phi) is 12.7. The van der Waals surface area contributed by atoms with Crippen molar-refractivity contribution in [1.29, 1.82) is 0 Å². The molecule has 0 radical (unpaired) electrons. The van der Waals surface area contributed by atoms with Gasteiger partial charge in [-0.15, -0.1) is 0 Å². The van der Waals surface area contributed by atoms with E-state index in [9.17, 15) is 13.2 Å². The number of rotatable bonds is 17. The fourth-order valence-corrected chi connectivity index (χ4v) is 10.1. The number of carbonyl (C=O) groups excluding carboxylic acids is 1. The lowest BCUT2D eigenvalue weighted by molar-refractivity contribution is 0.00557. The molecule has 310 valence electrons. The molecule has 2 bridgehead atoms. The van der Waals surface area contributed by atoms with Gasteiger partial charge in [-0.3, -0.25) is 0 Å². The number of pyridine rings is 1. The number of sulfone groups is 1. The molecular formula is C40H64N6O7SSi2. The van der Waals surface area contributed by atoms with Gasteiger partial charge in [-0.1, -0.05) is 39.3 Å². The minimum absolute atomic E-state index is 0.0925. The average Bonchev–Trinajstić information content (AvgIpc) is 3.75. The van der Waals surface area contributed by atoms with Crippen molar-refractivity contribution in [2.45, 2.75) is 139 Å². The summed E-state index contributed by atoms with van der Waals surface area (Å²) in [6.07, 6.45) is 9.59. The third-order valence-corrected chi connectivity index (χ3v) is 15.2. The fraction of sp³-hybridized carbons (Fsp3) is 0.700. The van der Waals surface area contributed by atoms with E-state index >= 15 is 0 Å². The molecule has 6 rings (SSSR count). The van der Waals surface area contributed by atoms with E-state index in [0.29, 0.717) is 61.6 Å². The van der Waals surface area contributed by atoms with Crippen LogP contribution in [0.2, 0.25) is 51.4 Å². The van der Waals surface area contributed by atoms with Crippen LogP contribution in [0.4, 0.5) is 10.6 Å². The van der Waals surface area contributed by atoms with E-state index in [1.165, 1.54) is 19.1 Å². The summed E-state index contributed by atoms with van der Waals surface area (Å²) in [4.78, 5) is 27.2. The van der Waals surface area contributed by atoms with E-state index in [4.69, 9.17) is 29.0 Å². The Morgan fingerprint density at radius 3 is 2.02 bits per heavy atom. The average molecular weight is 829 g/mol. The van der Waals surface area contributed by atoms with Gasteiger partial charge in [0.2, 0.25) is 5.88 Å². The van der Waals surface area contributed by atoms with Gasteiger partial charge in [-0.2, -0.15) is 9.61 Å². The Morgan fingerprint density at radius 2 is 1.52 bits per heavy atom. The summed E-state index contributed by atoms with van der Waals surface area (Å²) in [5, 5.41) is 4.84. The van der Waals surface area contributed by atoms with Crippen molar-refractivity contribution in [3.63, 3.8) is 0 Å². The molecule has 0 aromatic carbocycles. The largest absolute Gasteiger partial charge is 0.477 e. The van der Waals surface area contributed by atoms with Crippen molar-refractivity contribution in [1.82, 2.24) is 24.5 Å². The highest BCUT2D eigenvalue weighted by atomic mass is 32.2. The maximum absolute atomic E-state index is 14.2. The molecule has 2 saturated heterocycles. The second kappa shape index (κ2) is 16.7. The van der Waals surface area contributed by atoms with Crippen molar-refractivity contribution in [2.75, 3.05) is 44.4 Å². The predicted octanol–water partition coefficient (Wildman–Crippen LogP) is 8.06. The zero-order chi connectivity index (χ0) is 40.6. The molecule has 3 fully saturated rings. The van der Waals surface area contributed by atoms with E-state index < -0.39 is 31.6 Å². The molecule has 1 aliphatic carbocycles. The van der Waals surface area contributed by atoms with Crippen LogP contribution in [0.25, 0.3) is 16.8 Å². The molecule has 1 saturated carbocycles. The van der Waals surface area contributed by atoms with Crippen LogP contribution in [0.1, 0.15) is 70.9 Å². The van der Waals surface area contributed by atoms with Gasteiger partial charge < -0.3 is 28.7 Å². The molecule has 0 unspecified atom stereocenters. The van der Waals surface area contributed by atoms with Crippen LogP contribution in [0, 0.1) is 5.92 Å². The Morgan fingerprint density at radius 1 is 0.911 bits per heavy atom. The molecule has 3 aromatic heterocycles. The molecule has 1 amide bonds. The Hall–Kier alpha value is -3.06. The lowest BCUT2D eigenvalue weighted by Gasteiger charge is -2.40. The third kappa shape index (κ3) is 10.9. The first kappa shape index (κ1) is 42.5. The highest BCUT2D eigenvalue weighted by Crippen LogP contribution is 2.46. The highest BCUT2D eigenvalue weighted by Gasteiger charge is 2.47. The Labute approximate surface area is 335 Å². The third-order valence-electron chi connectivity index (χ3n) is 10.7. The van der Waals surface area contributed by atoms with Crippen molar-refractivity contribution < 1.29 is 32.2 Å². The monoisotopic (exact) mass is 828 g/mol.